The number of amides is 2. The fourth-order valence-electron chi connectivity index (χ4n) is 4.23. The van der Waals surface area contributed by atoms with Crippen LogP contribution in [0.1, 0.15) is 17.5 Å². The molecule has 39 heavy (non-hydrogen) atoms. The highest BCUT2D eigenvalue weighted by Gasteiger charge is 2.31. The van der Waals surface area contributed by atoms with Crippen molar-refractivity contribution in [3.63, 3.8) is 0 Å². The Morgan fingerprint density at radius 3 is 2.44 bits per heavy atom. The fourth-order valence-corrected chi connectivity index (χ4v) is 4.23. The molecule has 3 aromatic rings. The van der Waals surface area contributed by atoms with Gasteiger partial charge in [-0.2, -0.15) is 13.2 Å². The minimum Gasteiger partial charge on any atom is -0.457 e. The normalized spacial score (nSPS) is 15.2. The number of hydrogen-bond acceptors (Lipinski definition) is 5. The van der Waals surface area contributed by atoms with Crippen molar-refractivity contribution in [1.82, 2.24) is 10.2 Å². The SMILES string of the molecule is NC1CCN(C(=O)CN(CC(=O)NCc2cc(F)cc(C(F)(F)F)c2)c2cccc(Oc3ccccc3)c2)C1. The number of alkyl halides is 3. The van der Waals surface area contributed by atoms with Gasteiger partial charge in [0.2, 0.25) is 11.8 Å². The molecule has 0 aliphatic carbocycles. The number of para-hydroxylation sites is 1. The molecule has 1 unspecified atom stereocenters. The largest absolute Gasteiger partial charge is 0.457 e. The summed E-state index contributed by atoms with van der Waals surface area (Å²) in [5.74, 6) is -0.743. The predicted octanol–water partition coefficient (Wildman–Crippen LogP) is 4.32. The highest BCUT2D eigenvalue weighted by molar-refractivity contribution is 5.86. The van der Waals surface area contributed by atoms with E-state index in [9.17, 15) is 27.2 Å². The molecule has 0 spiro atoms. The van der Waals surface area contributed by atoms with Gasteiger partial charge < -0.3 is 25.6 Å². The first-order valence-electron chi connectivity index (χ1n) is 12.3. The summed E-state index contributed by atoms with van der Waals surface area (Å²) in [4.78, 5) is 29.0. The molecule has 1 aliphatic rings. The maximum Gasteiger partial charge on any atom is 0.416 e. The summed E-state index contributed by atoms with van der Waals surface area (Å²) in [7, 11) is 0. The predicted molar refractivity (Wildman–Crippen MR) is 138 cm³/mol. The molecule has 0 radical (unpaired) electrons. The van der Waals surface area contributed by atoms with Crippen LogP contribution in [0.15, 0.2) is 72.8 Å². The van der Waals surface area contributed by atoms with Gasteiger partial charge in [-0.25, -0.2) is 4.39 Å². The van der Waals surface area contributed by atoms with Crippen molar-refractivity contribution in [2.45, 2.75) is 25.2 Å². The van der Waals surface area contributed by atoms with Crippen LogP contribution in [0.3, 0.4) is 0 Å². The molecule has 1 heterocycles. The van der Waals surface area contributed by atoms with Gasteiger partial charge >= 0.3 is 6.18 Å². The van der Waals surface area contributed by atoms with Crippen molar-refractivity contribution in [1.29, 1.82) is 0 Å². The number of rotatable bonds is 9. The Bertz CT molecular complexity index is 1300. The van der Waals surface area contributed by atoms with Gasteiger partial charge in [0.05, 0.1) is 18.7 Å². The summed E-state index contributed by atoms with van der Waals surface area (Å²) in [6.45, 7) is 0.198. The van der Waals surface area contributed by atoms with Crippen molar-refractivity contribution < 1.29 is 31.9 Å². The van der Waals surface area contributed by atoms with Gasteiger partial charge in [-0.15, -0.1) is 0 Å². The maximum absolute atomic E-state index is 13.7. The Kier molecular flexibility index (Phi) is 8.70. The monoisotopic (exact) mass is 544 g/mol. The molecule has 0 saturated carbocycles. The zero-order valence-corrected chi connectivity index (χ0v) is 21.0. The van der Waals surface area contributed by atoms with Crippen LogP contribution in [0.25, 0.3) is 0 Å². The molecule has 1 aliphatic heterocycles. The van der Waals surface area contributed by atoms with Gasteiger partial charge in [0, 0.05) is 37.4 Å². The van der Waals surface area contributed by atoms with Crippen LogP contribution in [0.2, 0.25) is 0 Å². The number of nitrogens with two attached hydrogens (primary N) is 1. The van der Waals surface area contributed by atoms with E-state index in [1.165, 1.54) is 0 Å². The summed E-state index contributed by atoms with van der Waals surface area (Å²) in [6, 6.07) is 17.9. The second-order valence-electron chi connectivity index (χ2n) is 9.28. The van der Waals surface area contributed by atoms with Crippen LogP contribution in [-0.4, -0.2) is 48.9 Å². The molecule has 11 heteroatoms. The van der Waals surface area contributed by atoms with Gasteiger partial charge in [0.1, 0.15) is 17.3 Å². The van der Waals surface area contributed by atoms with E-state index in [0.29, 0.717) is 42.8 Å². The summed E-state index contributed by atoms with van der Waals surface area (Å²) in [5, 5.41) is 2.52. The van der Waals surface area contributed by atoms with Gasteiger partial charge in [-0.1, -0.05) is 24.3 Å². The third kappa shape index (κ3) is 7.93. The highest BCUT2D eigenvalue weighted by atomic mass is 19.4. The van der Waals surface area contributed by atoms with Gasteiger partial charge in [-0.3, -0.25) is 9.59 Å². The average molecular weight is 545 g/mol. The number of halogens is 4. The van der Waals surface area contributed by atoms with Crippen molar-refractivity contribution in [2.75, 3.05) is 31.1 Å². The number of nitrogens with one attached hydrogen (secondary N) is 1. The number of carbonyl (C=O) groups is 2. The van der Waals surface area contributed by atoms with E-state index < -0.39 is 23.5 Å². The maximum atomic E-state index is 13.7. The van der Waals surface area contributed by atoms with Crippen LogP contribution < -0.4 is 20.7 Å². The minimum atomic E-state index is -4.72. The van der Waals surface area contributed by atoms with E-state index in [4.69, 9.17) is 10.5 Å². The Morgan fingerprint density at radius 1 is 1.00 bits per heavy atom. The quantitative estimate of drug-likeness (QED) is 0.392. The number of anilines is 1. The van der Waals surface area contributed by atoms with Gasteiger partial charge in [-0.05, 0) is 54.4 Å². The molecule has 1 atom stereocenters. The first-order chi connectivity index (χ1) is 18.6. The van der Waals surface area contributed by atoms with Crippen molar-refractivity contribution in [2.24, 2.45) is 5.73 Å². The lowest BCUT2D eigenvalue weighted by Gasteiger charge is -2.27. The second-order valence-corrected chi connectivity index (χ2v) is 9.28. The van der Waals surface area contributed by atoms with Crippen LogP contribution in [-0.2, 0) is 22.3 Å². The summed E-state index contributed by atoms with van der Waals surface area (Å²) in [5.41, 5.74) is 5.28. The Labute approximate surface area is 223 Å². The number of likely N-dealkylation sites (tertiary alicyclic amines) is 1. The van der Waals surface area contributed by atoms with Crippen molar-refractivity contribution in [3.05, 3.63) is 89.7 Å². The topological polar surface area (TPSA) is 87.9 Å². The highest BCUT2D eigenvalue weighted by Crippen LogP contribution is 2.30. The fraction of sp³-hybridized carbons (Fsp3) is 0.286. The van der Waals surface area contributed by atoms with Crippen LogP contribution in [0.4, 0.5) is 23.2 Å². The zero-order valence-electron chi connectivity index (χ0n) is 21.0. The van der Waals surface area contributed by atoms with E-state index >= 15 is 0 Å². The standard InChI is InChI=1S/C28H28F4N4O3/c29-21-12-19(11-20(13-21)28(30,31)32)15-34-26(37)17-36(18-27(38)35-10-9-22(33)16-35)23-5-4-8-25(14-23)39-24-6-2-1-3-7-24/h1-8,11-14,22H,9-10,15-18,33H2,(H,34,37). The van der Waals surface area contributed by atoms with E-state index in [0.717, 1.165) is 12.1 Å². The average Bonchev–Trinajstić information content (AvgIpc) is 3.33. The van der Waals surface area contributed by atoms with Crippen LogP contribution in [0, 0.1) is 5.82 Å². The molecular weight excluding hydrogens is 516 g/mol. The number of carbonyl (C=O) groups excluding carboxylic acids is 2. The molecule has 1 saturated heterocycles. The molecule has 3 aromatic carbocycles. The first kappa shape index (κ1) is 27.9. The van der Waals surface area contributed by atoms with E-state index in [2.05, 4.69) is 5.32 Å². The number of benzene rings is 3. The molecule has 206 valence electrons. The number of ether oxygens (including phenoxy) is 1. The molecule has 2 amide bonds. The molecule has 1 fully saturated rings. The summed E-state index contributed by atoms with van der Waals surface area (Å²) >= 11 is 0. The van der Waals surface area contributed by atoms with Crippen LogP contribution in [0.5, 0.6) is 11.5 Å². The molecule has 3 N–H and O–H groups in total. The number of nitrogens with zero attached hydrogens (tertiary/aromatic N) is 2. The van der Waals surface area contributed by atoms with E-state index in [1.807, 2.05) is 18.2 Å². The molecule has 0 aromatic heterocycles. The lowest BCUT2D eigenvalue weighted by molar-refractivity contribution is -0.137. The van der Waals surface area contributed by atoms with Crippen molar-refractivity contribution >= 4 is 17.5 Å². The number of hydrogen-bond donors (Lipinski definition) is 2. The Morgan fingerprint density at radius 2 is 1.74 bits per heavy atom. The van der Waals surface area contributed by atoms with E-state index in [1.54, 1.807) is 46.2 Å². The third-order valence-corrected chi connectivity index (χ3v) is 6.17. The molecule has 0 bridgehead atoms. The Balaban J connectivity index is 1.49. The lowest BCUT2D eigenvalue weighted by Crippen LogP contribution is -2.44. The molecular formula is C28H28F4N4O3. The Hall–Kier alpha value is -4.12. The van der Waals surface area contributed by atoms with Crippen LogP contribution >= 0.6 is 0 Å². The third-order valence-electron chi connectivity index (χ3n) is 6.17. The van der Waals surface area contributed by atoms with Gasteiger partial charge in [0.15, 0.2) is 0 Å². The molecule has 4 rings (SSSR count). The summed E-state index contributed by atoms with van der Waals surface area (Å²) < 4.78 is 58.7. The smallest absolute Gasteiger partial charge is 0.416 e. The zero-order chi connectivity index (χ0) is 28.0. The minimum absolute atomic E-state index is 0.0392. The lowest BCUT2D eigenvalue weighted by atomic mass is 10.1. The van der Waals surface area contributed by atoms with Crippen molar-refractivity contribution in [3.8, 4) is 11.5 Å². The first-order valence-corrected chi connectivity index (χ1v) is 12.3. The second kappa shape index (κ2) is 12.2. The van der Waals surface area contributed by atoms with Gasteiger partial charge in [0.25, 0.3) is 0 Å². The molecule has 7 nitrogen and oxygen atoms in total. The van der Waals surface area contributed by atoms with E-state index in [-0.39, 0.29) is 37.1 Å². The summed E-state index contributed by atoms with van der Waals surface area (Å²) in [6.07, 6.45) is -4.04.